The summed E-state index contributed by atoms with van der Waals surface area (Å²) >= 11 is 0. The van der Waals surface area contributed by atoms with E-state index in [0.29, 0.717) is 29.5 Å². The molecule has 0 aliphatic heterocycles. The molecule has 0 aliphatic rings. The summed E-state index contributed by atoms with van der Waals surface area (Å²) in [5.41, 5.74) is 2.00. The Labute approximate surface area is 175 Å². The molecule has 6 heteroatoms. The SMILES string of the molecule is CCCOc1cc(-c2cccc(C(=O)CO[Si](C)(C)C(C)(C)C)n2)ccc1OC. The molecule has 29 heavy (non-hydrogen) atoms. The van der Waals surface area contributed by atoms with Crippen molar-refractivity contribution in [1.82, 2.24) is 4.98 Å². The van der Waals surface area contributed by atoms with E-state index in [1.54, 1.807) is 13.2 Å². The monoisotopic (exact) mass is 415 g/mol. The van der Waals surface area contributed by atoms with E-state index in [2.05, 4.69) is 45.8 Å². The van der Waals surface area contributed by atoms with E-state index < -0.39 is 8.32 Å². The molecule has 2 rings (SSSR count). The van der Waals surface area contributed by atoms with Gasteiger partial charge in [-0.25, -0.2) is 4.98 Å². The number of hydrogen-bond donors (Lipinski definition) is 0. The molecule has 0 amide bonds. The predicted molar refractivity (Wildman–Crippen MR) is 119 cm³/mol. The van der Waals surface area contributed by atoms with Gasteiger partial charge in [-0.3, -0.25) is 4.79 Å². The number of pyridine rings is 1. The largest absolute Gasteiger partial charge is 0.493 e. The zero-order chi connectivity index (χ0) is 21.7. The van der Waals surface area contributed by atoms with Gasteiger partial charge in [-0.05, 0) is 54.9 Å². The normalized spacial score (nSPS) is 12.0. The molecule has 0 atom stereocenters. The Morgan fingerprint density at radius 1 is 1.10 bits per heavy atom. The average Bonchev–Trinajstić information content (AvgIpc) is 2.69. The van der Waals surface area contributed by atoms with E-state index in [1.165, 1.54) is 0 Å². The number of carbonyl (C=O) groups excluding carboxylic acids is 1. The first-order valence-electron chi connectivity index (χ1n) is 10.0. The van der Waals surface area contributed by atoms with Crippen LogP contribution in [0.25, 0.3) is 11.3 Å². The number of carbonyl (C=O) groups is 1. The summed E-state index contributed by atoms with van der Waals surface area (Å²) in [6.45, 7) is 13.5. The van der Waals surface area contributed by atoms with Crippen LogP contribution in [0.4, 0.5) is 0 Å². The van der Waals surface area contributed by atoms with Gasteiger partial charge in [0.15, 0.2) is 19.8 Å². The standard InChI is InChI=1S/C23H33NO4Si/c1-8-14-27-22-15-17(12-13-21(22)26-5)18-10-9-11-19(24-18)20(25)16-28-29(6,7)23(2,3)4/h9-13,15H,8,14,16H2,1-7H3. The molecule has 1 aromatic carbocycles. The molecule has 0 N–H and O–H groups in total. The molecule has 1 aromatic heterocycles. The lowest BCUT2D eigenvalue weighted by molar-refractivity contribution is 0.0906. The van der Waals surface area contributed by atoms with Crippen molar-refractivity contribution in [3.63, 3.8) is 0 Å². The van der Waals surface area contributed by atoms with Crippen LogP contribution in [0.15, 0.2) is 36.4 Å². The number of ether oxygens (including phenoxy) is 2. The Balaban J connectivity index is 2.22. The molecule has 5 nitrogen and oxygen atoms in total. The van der Waals surface area contributed by atoms with Gasteiger partial charge in [0.05, 0.1) is 26.0 Å². The van der Waals surface area contributed by atoms with E-state index >= 15 is 0 Å². The average molecular weight is 416 g/mol. The summed E-state index contributed by atoms with van der Waals surface area (Å²) in [6.07, 6.45) is 0.907. The van der Waals surface area contributed by atoms with Crippen LogP contribution < -0.4 is 9.47 Å². The zero-order valence-electron chi connectivity index (χ0n) is 18.7. The van der Waals surface area contributed by atoms with Crippen LogP contribution in [0, 0.1) is 0 Å². The number of Topliss-reactive ketones (excluding diaryl/α,β-unsaturated/α-hetero) is 1. The number of ketones is 1. The highest BCUT2D eigenvalue weighted by Crippen LogP contribution is 2.36. The van der Waals surface area contributed by atoms with Crippen molar-refractivity contribution in [2.45, 2.75) is 52.2 Å². The van der Waals surface area contributed by atoms with Crippen molar-refractivity contribution in [2.24, 2.45) is 0 Å². The summed E-state index contributed by atoms with van der Waals surface area (Å²) in [7, 11) is -0.369. The molecule has 0 saturated heterocycles. The van der Waals surface area contributed by atoms with Gasteiger partial charge in [0.25, 0.3) is 0 Å². The smallest absolute Gasteiger partial charge is 0.205 e. The molecule has 0 aliphatic carbocycles. The summed E-state index contributed by atoms with van der Waals surface area (Å²) in [5.74, 6) is 1.25. The van der Waals surface area contributed by atoms with Gasteiger partial charge >= 0.3 is 0 Å². The van der Waals surface area contributed by atoms with Crippen molar-refractivity contribution >= 4 is 14.1 Å². The van der Waals surface area contributed by atoms with Crippen molar-refractivity contribution < 1.29 is 18.7 Å². The van der Waals surface area contributed by atoms with Gasteiger partial charge in [0.2, 0.25) is 5.78 Å². The van der Waals surface area contributed by atoms with Crippen molar-refractivity contribution in [1.29, 1.82) is 0 Å². The van der Waals surface area contributed by atoms with E-state index in [-0.39, 0.29) is 17.4 Å². The van der Waals surface area contributed by atoms with Gasteiger partial charge in [0, 0.05) is 5.56 Å². The van der Waals surface area contributed by atoms with Crippen LogP contribution in [0.3, 0.4) is 0 Å². The molecule has 0 bridgehead atoms. The minimum atomic E-state index is -1.99. The van der Waals surface area contributed by atoms with Crippen molar-refractivity contribution in [3.05, 3.63) is 42.1 Å². The second-order valence-electron chi connectivity index (χ2n) is 8.59. The van der Waals surface area contributed by atoms with Gasteiger partial charge in [-0.1, -0.05) is 33.8 Å². The lowest BCUT2D eigenvalue weighted by Gasteiger charge is -2.35. The maximum Gasteiger partial charge on any atom is 0.205 e. The van der Waals surface area contributed by atoms with Crippen molar-refractivity contribution in [2.75, 3.05) is 20.3 Å². The van der Waals surface area contributed by atoms with Crippen LogP contribution in [-0.4, -0.2) is 39.4 Å². The second-order valence-corrected chi connectivity index (χ2v) is 13.4. The number of benzene rings is 1. The summed E-state index contributed by atoms with van der Waals surface area (Å²) in [6, 6.07) is 11.1. The third-order valence-corrected chi connectivity index (χ3v) is 9.80. The number of nitrogens with zero attached hydrogens (tertiary/aromatic N) is 1. The first-order chi connectivity index (χ1) is 13.6. The van der Waals surface area contributed by atoms with Crippen molar-refractivity contribution in [3.8, 4) is 22.8 Å². The molecule has 0 saturated carbocycles. The molecule has 2 aromatic rings. The van der Waals surface area contributed by atoms with E-state index in [9.17, 15) is 4.79 Å². The highest BCUT2D eigenvalue weighted by Gasteiger charge is 2.37. The number of rotatable bonds is 9. The predicted octanol–water partition coefficient (Wildman–Crippen LogP) is 5.75. The number of aromatic nitrogens is 1. The summed E-state index contributed by atoms with van der Waals surface area (Å²) in [5, 5.41) is 0.0561. The third-order valence-electron chi connectivity index (χ3n) is 5.33. The molecule has 0 unspecified atom stereocenters. The summed E-state index contributed by atoms with van der Waals surface area (Å²) < 4.78 is 17.2. The maximum absolute atomic E-state index is 12.7. The molecule has 0 fully saturated rings. The van der Waals surface area contributed by atoms with E-state index in [0.717, 1.165) is 12.0 Å². The van der Waals surface area contributed by atoms with Crippen LogP contribution in [-0.2, 0) is 4.43 Å². The number of methoxy groups -OCH3 is 1. The molecule has 0 spiro atoms. The molecular formula is C23H33NO4Si. The summed E-state index contributed by atoms with van der Waals surface area (Å²) in [4.78, 5) is 17.3. The second kappa shape index (κ2) is 9.54. The minimum Gasteiger partial charge on any atom is -0.493 e. The lowest BCUT2D eigenvalue weighted by Crippen LogP contribution is -2.42. The van der Waals surface area contributed by atoms with Crippen LogP contribution in [0.1, 0.15) is 44.6 Å². The Morgan fingerprint density at radius 2 is 1.83 bits per heavy atom. The fraction of sp³-hybridized carbons (Fsp3) is 0.478. The van der Waals surface area contributed by atoms with Crippen LogP contribution >= 0.6 is 0 Å². The molecular weight excluding hydrogens is 382 g/mol. The Hall–Kier alpha value is -2.18. The van der Waals surface area contributed by atoms with Gasteiger partial charge in [0.1, 0.15) is 5.69 Å². The first-order valence-corrected chi connectivity index (χ1v) is 13.0. The fourth-order valence-electron chi connectivity index (χ4n) is 2.45. The fourth-order valence-corrected chi connectivity index (χ4v) is 3.37. The highest BCUT2D eigenvalue weighted by atomic mass is 28.4. The van der Waals surface area contributed by atoms with E-state index in [4.69, 9.17) is 13.9 Å². The Bertz CT molecular complexity index is 843. The van der Waals surface area contributed by atoms with Gasteiger partial charge < -0.3 is 13.9 Å². The lowest BCUT2D eigenvalue weighted by atomic mass is 10.1. The quantitative estimate of drug-likeness (QED) is 0.385. The van der Waals surface area contributed by atoms with Gasteiger partial charge in [-0.2, -0.15) is 0 Å². The highest BCUT2D eigenvalue weighted by molar-refractivity contribution is 6.74. The molecule has 0 radical (unpaired) electrons. The molecule has 1 heterocycles. The zero-order valence-corrected chi connectivity index (χ0v) is 19.7. The molecule has 158 valence electrons. The number of hydrogen-bond acceptors (Lipinski definition) is 5. The van der Waals surface area contributed by atoms with Gasteiger partial charge in [-0.15, -0.1) is 0 Å². The maximum atomic E-state index is 12.7. The van der Waals surface area contributed by atoms with Crippen LogP contribution in [0.5, 0.6) is 11.5 Å². The Morgan fingerprint density at radius 3 is 2.45 bits per heavy atom. The van der Waals surface area contributed by atoms with E-state index in [1.807, 2.05) is 30.3 Å². The van der Waals surface area contributed by atoms with Crippen LogP contribution in [0.2, 0.25) is 18.1 Å². The third kappa shape index (κ3) is 5.90. The minimum absolute atomic E-state index is 0.0560. The first kappa shape index (κ1) is 23.1. The Kier molecular flexibility index (Phi) is 7.60. The topological polar surface area (TPSA) is 57.7 Å².